The van der Waals surface area contributed by atoms with Gasteiger partial charge in [-0.2, -0.15) is 0 Å². The Bertz CT molecular complexity index is 1190. The standard InChI is InChI=1S/C27H32FN5O3/c1-19-17-33(18-31-19)24-8-5-22(15-25(24)36-2)26(34)30-16-21-10-13-32(14-11-21)27(35)29-12-9-20-3-6-23(28)7-4-20/h3-8,15,17-18,21H,9-14,16H2,1-2H3,(H,29,35)(H,30,34). The number of halogens is 1. The number of urea groups is 1. The predicted molar refractivity (Wildman–Crippen MR) is 135 cm³/mol. The molecule has 1 saturated heterocycles. The minimum Gasteiger partial charge on any atom is -0.495 e. The average molecular weight is 494 g/mol. The van der Waals surface area contributed by atoms with Gasteiger partial charge < -0.3 is 24.8 Å². The molecule has 190 valence electrons. The third kappa shape index (κ3) is 6.41. The van der Waals surface area contributed by atoms with Crippen LogP contribution in [0.5, 0.6) is 5.75 Å². The van der Waals surface area contributed by atoms with Gasteiger partial charge in [0.05, 0.1) is 24.8 Å². The zero-order valence-corrected chi connectivity index (χ0v) is 20.7. The minimum absolute atomic E-state index is 0.0835. The molecule has 1 aliphatic heterocycles. The number of aryl methyl sites for hydroxylation is 1. The highest BCUT2D eigenvalue weighted by atomic mass is 19.1. The summed E-state index contributed by atoms with van der Waals surface area (Å²) in [7, 11) is 1.58. The smallest absolute Gasteiger partial charge is 0.317 e. The van der Waals surface area contributed by atoms with E-state index in [1.165, 1.54) is 12.1 Å². The zero-order chi connectivity index (χ0) is 25.5. The molecule has 0 radical (unpaired) electrons. The van der Waals surface area contributed by atoms with E-state index in [0.717, 1.165) is 29.8 Å². The molecule has 0 unspecified atom stereocenters. The molecule has 2 aromatic carbocycles. The van der Waals surface area contributed by atoms with Crippen LogP contribution in [0.3, 0.4) is 0 Å². The number of piperidine rings is 1. The van der Waals surface area contributed by atoms with Crippen molar-refractivity contribution in [2.75, 3.05) is 33.3 Å². The lowest BCUT2D eigenvalue weighted by molar-refractivity contribution is 0.0937. The first-order chi connectivity index (χ1) is 17.4. The van der Waals surface area contributed by atoms with Crippen molar-refractivity contribution in [2.45, 2.75) is 26.2 Å². The Balaban J connectivity index is 1.20. The number of methoxy groups -OCH3 is 1. The Morgan fingerprint density at radius 1 is 1.11 bits per heavy atom. The fraction of sp³-hybridized carbons (Fsp3) is 0.370. The Morgan fingerprint density at radius 2 is 1.86 bits per heavy atom. The third-order valence-electron chi connectivity index (χ3n) is 6.49. The van der Waals surface area contributed by atoms with Crippen LogP contribution in [0.25, 0.3) is 5.69 Å². The fourth-order valence-corrected chi connectivity index (χ4v) is 4.34. The molecule has 36 heavy (non-hydrogen) atoms. The second-order valence-corrected chi connectivity index (χ2v) is 9.06. The summed E-state index contributed by atoms with van der Waals surface area (Å²) in [5.41, 5.74) is 3.23. The van der Waals surface area contributed by atoms with E-state index in [4.69, 9.17) is 4.74 Å². The number of hydrogen-bond donors (Lipinski definition) is 2. The Labute approximate surface area is 210 Å². The van der Waals surface area contributed by atoms with Crippen molar-refractivity contribution in [1.82, 2.24) is 25.1 Å². The van der Waals surface area contributed by atoms with E-state index in [0.29, 0.717) is 49.8 Å². The second kappa shape index (κ2) is 11.7. The van der Waals surface area contributed by atoms with Gasteiger partial charge in [0.1, 0.15) is 11.6 Å². The summed E-state index contributed by atoms with van der Waals surface area (Å²) in [5.74, 6) is 0.494. The molecule has 3 aromatic rings. The molecule has 4 rings (SSSR count). The zero-order valence-electron chi connectivity index (χ0n) is 20.7. The molecule has 0 bridgehead atoms. The summed E-state index contributed by atoms with van der Waals surface area (Å²) in [5, 5.41) is 5.96. The summed E-state index contributed by atoms with van der Waals surface area (Å²) >= 11 is 0. The van der Waals surface area contributed by atoms with E-state index < -0.39 is 0 Å². The van der Waals surface area contributed by atoms with Gasteiger partial charge in [-0.05, 0) is 68.0 Å². The van der Waals surface area contributed by atoms with Crippen LogP contribution in [0.1, 0.15) is 34.5 Å². The summed E-state index contributed by atoms with van der Waals surface area (Å²) in [6.45, 7) is 4.27. The average Bonchev–Trinajstić information content (AvgIpc) is 3.34. The van der Waals surface area contributed by atoms with Crippen LogP contribution < -0.4 is 15.4 Å². The van der Waals surface area contributed by atoms with Gasteiger partial charge in [0.2, 0.25) is 0 Å². The molecule has 1 aromatic heterocycles. The van der Waals surface area contributed by atoms with Crippen LogP contribution in [0, 0.1) is 18.7 Å². The van der Waals surface area contributed by atoms with Crippen molar-refractivity contribution in [3.63, 3.8) is 0 Å². The maximum absolute atomic E-state index is 13.0. The number of likely N-dealkylation sites (tertiary alicyclic amines) is 1. The van der Waals surface area contributed by atoms with E-state index >= 15 is 0 Å². The minimum atomic E-state index is -0.264. The van der Waals surface area contributed by atoms with Gasteiger partial charge in [0, 0.05) is 37.9 Å². The van der Waals surface area contributed by atoms with E-state index in [-0.39, 0.29) is 17.8 Å². The molecule has 9 heteroatoms. The molecule has 0 saturated carbocycles. The molecule has 2 N–H and O–H groups in total. The van der Waals surface area contributed by atoms with Crippen LogP contribution in [0.2, 0.25) is 0 Å². The van der Waals surface area contributed by atoms with Gasteiger partial charge in [-0.15, -0.1) is 0 Å². The van der Waals surface area contributed by atoms with Gasteiger partial charge in [-0.1, -0.05) is 12.1 Å². The van der Waals surface area contributed by atoms with Crippen molar-refractivity contribution in [2.24, 2.45) is 5.92 Å². The number of aromatic nitrogens is 2. The highest BCUT2D eigenvalue weighted by Gasteiger charge is 2.23. The Morgan fingerprint density at radius 3 is 2.53 bits per heavy atom. The van der Waals surface area contributed by atoms with Crippen molar-refractivity contribution < 1.29 is 18.7 Å². The summed E-state index contributed by atoms with van der Waals surface area (Å²) in [6, 6.07) is 11.6. The van der Waals surface area contributed by atoms with Crippen LogP contribution in [-0.4, -0.2) is 59.7 Å². The summed E-state index contributed by atoms with van der Waals surface area (Å²) in [6.07, 6.45) is 5.92. The first kappa shape index (κ1) is 25.2. The van der Waals surface area contributed by atoms with E-state index in [2.05, 4.69) is 15.6 Å². The second-order valence-electron chi connectivity index (χ2n) is 9.06. The molecule has 0 spiro atoms. The number of nitrogens with zero attached hydrogens (tertiary/aromatic N) is 3. The first-order valence-corrected chi connectivity index (χ1v) is 12.2. The number of nitrogens with one attached hydrogen (secondary N) is 2. The van der Waals surface area contributed by atoms with Gasteiger partial charge in [0.25, 0.3) is 5.91 Å². The maximum atomic E-state index is 13.0. The van der Waals surface area contributed by atoms with Crippen LogP contribution in [0.4, 0.5) is 9.18 Å². The summed E-state index contributed by atoms with van der Waals surface area (Å²) in [4.78, 5) is 31.3. The van der Waals surface area contributed by atoms with E-state index in [1.807, 2.05) is 28.7 Å². The number of amides is 3. The van der Waals surface area contributed by atoms with Gasteiger partial charge >= 0.3 is 6.03 Å². The maximum Gasteiger partial charge on any atom is 0.317 e. The number of ether oxygens (including phenoxy) is 1. The normalized spacial score (nSPS) is 13.9. The number of rotatable bonds is 8. The first-order valence-electron chi connectivity index (χ1n) is 12.2. The van der Waals surface area contributed by atoms with Gasteiger partial charge in [-0.3, -0.25) is 4.79 Å². The molecule has 1 fully saturated rings. The largest absolute Gasteiger partial charge is 0.495 e. The number of hydrogen-bond acceptors (Lipinski definition) is 4. The lowest BCUT2D eigenvalue weighted by atomic mass is 9.97. The van der Waals surface area contributed by atoms with E-state index in [1.54, 1.807) is 37.7 Å². The van der Waals surface area contributed by atoms with Gasteiger partial charge in [-0.25, -0.2) is 14.2 Å². The lowest BCUT2D eigenvalue weighted by Crippen LogP contribution is -2.46. The third-order valence-corrected chi connectivity index (χ3v) is 6.49. The molecule has 3 amide bonds. The molecule has 0 aliphatic carbocycles. The number of imidazole rings is 1. The van der Waals surface area contributed by atoms with Crippen molar-refractivity contribution in [3.8, 4) is 11.4 Å². The van der Waals surface area contributed by atoms with Crippen LogP contribution in [0.15, 0.2) is 55.0 Å². The predicted octanol–water partition coefficient (Wildman–Crippen LogP) is 3.72. The van der Waals surface area contributed by atoms with Crippen molar-refractivity contribution in [1.29, 1.82) is 0 Å². The highest BCUT2D eigenvalue weighted by molar-refractivity contribution is 5.95. The monoisotopic (exact) mass is 493 g/mol. The molecular formula is C27H32FN5O3. The van der Waals surface area contributed by atoms with Crippen LogP contribution in [-0.2, 0) is 6.42 Å². The fourth-order valence-electron chi connectivity index (χ4n) is 4.34. The van der Waals surface area contributed by atoms with Crippen molar-refractivity contribution >= 4 is 11.9 Å². The number of carbonyl (C=O) groups is 2. The topological polar surface area (TPSA) is 88.5 Å². The molecule has 2 heterocycles. The summed E-state index contributed by atoms with van der Waals surface area (Å²) < 4.78 is 20.4. The van der Waals surface area contributed by atoms with Gasteiger partial charge in [0.15, 0.2) is 0 Å². The van der Waals surface area contributed by atoms with Crippen molar-refractivity contribution in [3.05, 3.63) is 77.6 Å². The molecule has 1 aliphatic rings. The number of carbonyl (C=O) groups excluding carboxylic acids is 2. The molecular weight excluding hydrogens is 461 g/mol. The molecule has 0 atom stereocenters. The Kier molecular flexibility index (Phi) is 8.20. The molecule has 8 nitrogen and oxygen atoms in total. The van der Waals surface area contributed by atoms with E-state index in [9.17, 15) is 14.0 Å². The highest BCUT2D eigenvalue weighted by Crippen LogP contribution is 2.25. The Hall–Kier alpha value is -3.88. The SMILES string of the molecule is COc1cc(C(=O)NCC2CCN(C(=O)NCCc3ccc(F)cc3)CC2)ccc1-n1cnc(C)c1. The lowest BCUT2D eigenvalue weighted by Gasteiger charge is -2.32. The quantitative estimate of drug-likeness (QED) is 0.501. The van der Waals surface area contributed by atoms with Crippen LogP contribution >= 0.6 is 0 Å². The number of benzene rings is 2.